The Morgan fingerprint density at radius 3 is 1.56 bits per heavy atom. The molecule has 36 heavy (non-hydrogen) atoms. The van der Waals surface area contributed by atoms with E-state index >= 15 is 0 Å². The molecule has 1 saturated carbocycles. The van der Waals surface area contributed by atoms with Crippen LogP contribution in [0.1, 0.15) is 37.5 Å². The third-order valence-corrected chi connectivity index (χ3v) is 6.35. The molecule has 2 N–H and O–H groups in total. The fraction of sp³-hybridized carbons (Fsp3) is 0.214. The van der Waals surface area contributed by atoms with Crippen LogP contribution in [0.2, 0.25) is 0 Å². The summed E-state index contributed by atoms with van der Waals surface area (Å²) in [6, 6.07) is 25.5. The third-order valence-electron chi connectivity index (χ3n) is 6.05. The lowest BCUT2D eigenvalue weighted by molar-refractivity contribution is -0.0466. The molecule has 1 fully saturated rings. The van der Waals surface area contributed by atoms with Crippen LogP contribution in [0.25, 0.3) is 0 Å². The second-order valence-corrected chi connectivity index (χ2v) is 8.91. The van der Waals surface area contributed by atoms with Crippen LogP contribution in [0, 0.1) is 11.8 Å². The van der Waals surface area contributed by atoms with Gasteiger partial charge in [0.05, 0.1) is 34.2 Å². The lowest BCUT2D eigenvalue weighted by Gasteiger charge is -2.26. The van der Waals surface area contributed by atoms with Gasteiger partial charge in [-0.25, -0.2) is 14.4 Å². The summed E-state index contributed by atoms with van der Waals surface area (Å²) in [4.78, 5) is 38.5. The van der Waals surface area contributed by atoms with Crippen molar-refractivity contribution >= 4 is 35.1 Å². The van der Waals surface area contributed by atoms with Crippen molar-refractivity contribution in [1.82, 2.24) is 0 Å². The molecule has 0 saturated heterocycles. The highest BCUT2D eigenvalue weighted by molar-refractivity contribution is 7.80. The van der Waals surface area contributed by atoms with Gasteiger partial charge in [0.25, 0.3) is 0 Å². The number of nitrogens with two attached hydrogens (primary N) is 1. The standard InChI is InChI=1S/C28H25NO6S/c29-25(36)22-16-21(17-33-26(30)18-10-4-1-5-11-18)23(34-27(31)19-12-6-2-7-13-19)24(22)35-28(32)20-14-8-3-9-15-20/h1-15,21-24H,16-17H2,(H2,29,36)/t21-,22-,23-,24+/m1/s1. The molecule has 184 valence electrons. The van der Waals surface area contributed by atoms with E-state index in [0.29, 0.717) is 23.1 Å². The van der Waals surface area contributed by atoms with Crippen LogP contribution < -0.4 is 5.73 Å². The van der Waals surface area contributed by atoms with Crippen LogP contribution in [0.4, 0.5) is 0 Å². The Bertz CT molecular complexity index is 1220. The molecule has 4 rings (SSSR count). The van der Waals surface area contributed by atoms with Crippen molar-refractivity contribution in [2.75, 3.05) is 6.61 Å². The second kappa shape index (κ2) is 11.6. The molecule has 0 bridgehead atoms. The van der Waals surface area contributed by atoms with E-state index in [1.54, 1.807) is 91.0 Å². The highest BCUT2D eigenvalue weighted by atomic mass is 32.1. The quantitative estimate of drug-likeness (QED) is 0.277. The maximum absolute atomic E-state index is 12.9. The average Bonchev–Trinajstić information content (AvgIpc) is 3.25. The molecule has 0 spiro atoms. The van der Waals surface area contributed by atoms with Crippen molar-refractivity contribution in [3.8, 4) is 0 Å². The van der Waals surface area contributed by atoms with Crippen molar-refractivity contribution in [3.05, 3.63) is 108 Å². The van der Waals surface area contributed by atoms with E-state index in [4.69, 9.17) is 32.2 Å². The summed E-state index contributed by atoms with van der Waals surface area (Å²) in [5.74, 6) is -2.76. The Labute approximate surface area is 214 Å². The number of ether oxygens (including phenoxy) is 3. The van der Waals surface area contributed by atoms with Gasteiger partial charge in [-0.1, -0.05) is 66.8 Å². The fourth-order valence-electron chi connectivity index (χ4n) is 4.22. The summed E-state index contributed by atoms with van der Waals surface area (Å²) < 4.78 is 17.2. The predicted octanol–water partition coefficient (Wildman–Crippen LogP) is 4.22. The first-order valence-corrected chi connectivity index (χ1v) is 11.9. The van der Waals surface area contributed by atoms with Gasteiger partial charge in [0, 0.05) is 5.92 Å². The smallest absolute Gasteiger partial charge is 0.338 e. The first-order chi connectivity index (χ1) is 17.4. The molecule has 1 aliphatic rings. The van der Waals surface area contributed by atoms with Gasteiger partial charge < -0.3 is 19.9 Å². The highest BCUT2D eigenvalue weighted by Gasteiger charge is 2.50. The van der Waals surface area contributed by atoms with E-state index in [1.165, 1.54) is 0 Å². The summed E-state index contributed by atoms with van der Waals surface area (Å²) in [5, 5.41) is 0. The molecule has 7 nitrogen and oxygen atoms in total. The maximum atomic E-state index is 12.9. The fourth-order valence-corrected chi connectivity index (χ4v) is 4.45. The van der Waals surface area contributed by atoms with Gasteiger partial charge in [-0.3, -0.25) is 0 Å². The Hall–Kier alpha value is -4.04. The van der Waals surface area contributed by atoms with E-state index in [0.717, 1.165) is 0 Å². The number of esters is 3. The van der Waals surface area contributed by atoms with Gasteiger partial charge in [0.15, 0.2) is 0 Å². The molecule has 0 unspecified atom stereocenters. The lowest BCUT2D eigenvalue weighted by atomic mass is 10.0. The molecule has 3 aromatic rings. The Morgan fingerprint density at radius 2 is 1.11 bits per heavy atom. The minimum Gasteiger partial charge on any atom is -0.462 e. The molecular weight excluding hydrogens is 478 g/mol. The third kappa shape index (κ3) is 5.95. The molecular formula is C28H25NO6S. The van der Waals surface area contributed by atoms with Crippen molar-refractivity contribution in [3.63, 3.8) is 0 Å². The molecule has 0 radical (unpaired) electrons. The van der Waals surface area contributed by atoms with Crippen LogP contribution >= 0.6 is 12.2 Å². The van der Waals surface area contributed by atoms with Gasteiger partial charge in [-0.15, -0.1) is 0 Å². The summed E-state index contributed by atoms with van der Waals surface area (Å²) in [7, 11) is 0. The topological polar surface area (TPSA) is 105 Å². The number of carbonyl (C=O) groups is 3. The molecule has 0 aliphatic heterocycles. The van der Waals surface area contributed by atoms with E-state index in [-0.39, 0.29) is 11.6 Å². The first-order valence-electron chi connectivity index (χ1n) is 11.5. The Balaban J connectivity index is 1.58. The minimum atomic E-state index is -0.941. The monoisotopic (exact) mass is 503 g/mol. The number of benzene rings is 3. The van der Waals surface area contributed by atoms with Crippen LogP contribution in [-0.4, -0.2) is 41.7 Å². The van der Waals surface area contributed by atoms with Gasteiger partial charge in [0.2, 0.25) is 0 Å². The highest BCUT2D eigenvalue weighted by Crippen LogP contribution is 2.38. The minimum absolute atomic E-state index is 0.0705. The van der Waals surface area contributed by atoms with E-state index in [1.807, 2.05) is 0 Å². The molecule has 3 aromatic carbocycles. The molecule has 0 heterocycles. The molecule has 8 heteroatoms. The molecule has 0 aromatic heterocycles. The Morgan fingerprint density at radius 1 is 0.694 bits per heavy atom. The zero-order valence-corrected chi connectivity index (χ0v) is 20.1. The Kier molecular flexibility index (Phi) is 8.07. The first kappa shape index (κ1) is 25.1. The number of carbonyl (C=O) groups excluding carboxylic acids is 3. The lowest BCUT2D eigenvalue weighted by Crippen LogP contribution is -2.41. The van der Waals surface area contributed by atoms with Crippen molar-refractivity contribution in [1.29, 1.82) is 0 Å². The van der Waals surface area contributed by atoms with Crippen molar-refractivity contribution < 1.29 is 28.6 Å². The van der Waals surface area contributed by atoms with Gasteiger partial charge >= 0.3 is 17.9 Å². The SMILES string of the molecule is NC(=S)[C@@H]1C[C@H](COC(=O)c2ccccc2)[C@@H](OC(=O)c2ccccc2)[C@H]1OC(=O)c1ccccc1. The molecule has 4 atom stereocenters. The normalized spacial score (nSPS) is 20.8. The van der Waals surface area contributed by atoms with E-state index in [9.17, 15) is 14.4 Å². The van der Waals surface area contributed by atoms with Crippen LogP contribution in [-0.2, 0) is 14.2 Å². The zero-order chi connectivity index (χ0) is 25.5. The second-order valence-electron chi connectivity index (χ2n) is 8.44. The van der Waals surface area contributed by atoms with Crippen LogP contribution in [0.5, 0.6) is 0 Å². The summed E-state index contributed by atoms with van der Waals surface area (Å²) >= 11 is 5.27. The van der Waals surface area contributed by atoms with E-state index < -0.39 is 42.0 Å². The van der Waals surface area contributed by atoms with Crippen LogP contribution in [0.15, 0.2) is 91.0 Å². The predicted molar refractivity (Wildman–Crippen MR) is 136 cm³/mol. The van der Waals surface area contributed by atoms with E-state index in [2.05, 4.69) is 0 Å². The van der Waals surface area contributed by atoms with Crippen molar-refractivity contribution in [2.24, 2.45) is 17.6 Å². The van der Waals surface area contributed by atoms with Gasteiger partial charge in [-0.2, -0.15) is 0 Å². The number of hydrogen-bond acceptors (Lipinski definition) is 7. The number of hydrogen-bond donors (Lipinski definition) is 1. The van der Waals surface area contributed by atoms with Gasteiger partial charge in [0.1, 0.15) is 12.2 Å². The summed E-state index contributed by atoms with van der Waals surface area (Å²) in [6.45, 7) is -0.0705. The average molecular weight is 504 g/mol. The maximum Gasteiger partial charge on any atom is 0.338 e. The van der Waals surface area contributed by atoms with Gasteiger partial charge in [-0.05, 0) is 42.8 Å². The molecule has 0 amide bonds. The summed E-state index contributed by atoms with van der Waals surface area (Å²) in [5.41, 5.74) is 7.08. The van der Waals surface area contributed by atoms with Crippen LogP contribution in [0.3, 0.4) is 0 Å². The zero-order valence-electron chi connectivity index (χ0n) is 19.3. The largest absolute Gasteiger partial charge is 0.462 e. The number of rotatable bonds is 8. The summed E-state index contributed by atoms with van der Waals surface area (Å²) in [6.07, 6.45) is -1.56. The molecule has 1 aliphatic carbocycles. The number of thiocarbonyl (C=S) groups is 1. The van der Waals surface area contributed by atoms with Crippen molar-refractivity contribution in [2.45, 2.75) is 18.6 Å².